The zero-order valence-corrected chi connectivity index (χ0v) is 11.3. The van der Waals surface area contributed by atoms with Gasteiger partial charge in [-0.05, 0) is 26.7 Å². The van der Waals surface area contributed by atoms with Gasteiger partial charge >= 0.3 is 0 Å². The molecule has 1 N–H and O–H groups in total. The van der Waals surface area contributed by atoms with Gasteiger partial charge in [-0.1, -0.05) is 19.9 Å². The maximum absolute atomic E-state index is 12.4. The number of nitrogens with one attached hydrogen (secondary N) is 1. The topological polar surface area (TPSA) is 49.4 Å². The van der Waals surface area contributed by atoms with Gasteiger partial charge in [0.25, 0.3) is 0 Å². The lowest BCUT2D eigenvalue weighted by Crippen LogP contribution is -2.70. The minimum absolute atomic E-state index is 0.0526. The summed E-state index contributed by atoms with van der Waals surface area (Å²) in [6.45, 7) is 12.9. The van der Waals surface area contributed by atoms with Crippen LogP contribution in [-0.4, -0.2) is 34.3 Å². The van der Waals surface area contributed by atoms with Gasteiger partial charge in [0.1, 0.15) is 11.6 Å². The average molecular weight is 238 g/mol. The first-order chi connectivity index (χ1) is 7.72. The molecule has 1 fully saturated rings. The van der Waals surface area contributed by atoms with E-state index in [0.29, 0.717) is 0 Å². The average Bonchev–Trinajstić information content (AvgIpc) is 2.20. The lowest BCUT2D eigenvalue weighted by molar-refractivity contribution is -0.156. The number of carbonyl (C=O) groups is 2. The summed E-state index contributed by atoms with van der Waals surface area (Å²) in [5.74, 6) is -0.0565. The standard InChI is InChI=1S/C13H22N2O2/c1-7-9(4)15-10(8(2)3)11(16)14-13(5,6)12(15)17/h7-10H,1H2,2-6H3,(H,14,16). The smallest absolute Gasteiger partial charge is 0.248 e. The van der Waals surface area contributed by atoms with Crippen LogP contribution in [0.4, 0.5) is 0 Å². The fraction of sp³-hybridized carbons (Fsp3) is 0.692. The van der Waals surface area contributed by atoms with E-state index in [1.54, 1.807) is 24.8 Å². The zero-order chi connectivity index (χ0) is 13.4. The highest BCUT2D eigenvalue weighted by molar-refractivity contribution is 5.99. The minimum atomic E-state index is -0.834. The second kappa shape index (κ2) is 4.51. The van der Waals surface area contributed by atoms with E-state index in [1.165, 1.54) is 0 Å². The van der Waals surface area contributed by atoms with Crippen LogP contribution < -0.4 is 5.32 Å². The van der Waals surface area contributed by atoms with E-state index in [2.05, 4.69) is 11.9 Å². The molecule has 0 bridgehead atoms. The predicted molar refractivity (Wildman–Crippen MR) is 67.4 cm³/mol. The lowest BCUT2D eigenvalue weighted by atomic mass is 9.90. The van der Waals surface area contributed by atoms with Gasteiger partial charge < -0.3 is 10.2 Å². The summed E-state index contributed by atoms with van der Waals surface area (Å²) in [7, 11) is 0. The summed E-state index contributed by atoms with van der Waals surface area (Å²) in [5, 5.41) is 2.78. The van der Waals surface area contributed by atoms with Crippen LogP contribution in [0.5, 0.6) is 0 Å². The second-order valence-electron chi connectivity index (χ2n) is 5.49. The van der Waals surface area contributed by atoms with E-state index in [1.807, 2.05) is 20.8 Å². The first kappa shape index (κ1) is 13.7. The van der Waals surface area contributed by atoms with Crippen LogP contribution in [-0.2, 0) is 9.59 Å². The molecule has 96 valence electrons. The highest BCUT2D eigenvalue weighted by atomic mass is 16.2. The van der Waals surface area contributed by atoms with Crippen LogP contribution in [0.2, 0.25) is 0 Å². The highest BCUT2D eigenvalue weighted by Gasteiger charge is 2.47. The van der Waals surface area contributed by atoms with Crippen molar-refractivity contribution in [1.82, 2.24) is 10.2 Å². The molecule has 2 unspecified atom stereocenters. The van der Waals surface area contributed by atoms with Gasteiger partial charge in [0.2, 0.25) is 11.8 Å². The molecule has 0 spiro atoms. The van der Waals surface area contributed by atoms with E-state index in [9.17, 15) is 9.59 Å². The molecule has 4 nitrogen and oxygen atoms in total. The first-order valence-electron chi connectivity index (χ1n) is 5.99. The normalized spacial score (nSPS) is 25.8. The van der Waals surface area contributed by atoms with Crippen molar-refractivity contribution in [3.05, 3.63) is 12.7 Å². The van der Waals surface area contributed by atoms with Gasteiger partial charge in [-0.2, -0.15) is 0 Å². The van der Waals surface area contributed by atoms with Crippen LogP contribution in [0.1, 0.15) is 34.6 Å². The molecule has 17 heavy (non-hydrogen) atoms. The highest BCUT2D eigenvalue weighted by Crippen LogP contribution is 2.25. The van der Waals surface area contributed by atoms with Crippen molar-refractivity contribution in [3.63, 3.8) is 0 Å². The Kier molecular flexibility index (Phi) is 3.65. The molecule has 0 aromatic rings. The molecule has 1 aliphatic rings. The molecule has 0 aromatic carbocycles. The summed E-state index contributed by atoms with van der Waals surface area (Å²) in [6.07, 6.45) is 1.70. The second-order valence-corrected chi connectivity index (χ2v) is 5.49. The molecule has 0 aliphatic carbocycles. The van der Waals surface area contributed by atoms with E-state index in [-0.39, 0.29) is 23.8 Å². The van der Waals surface area contributed by atoms with Crippen LogP contribution >= 0.6 is 0 Å². The molecular formula is C13H22N2O2. The molecule has 1 rings (SSSR count). The fourth-order valence-electron chi connectivity index (χ4n) is 2.19. The SMILES string of the molecule is C=CC(C)N1C(=O)C(C)(C)NC(=O)C1C(C)C. The van der Waals surface area contributed by atoms with Crippen LogP contribution in [0.25, 0.3) is 0 Å². The van der Waals surface area contributed by atoms with Gasteiger partial charge in [-0.3, -0.25) is 9.59 Å². The maximum Gasteiger partial charge on any atom is 0.248 e. The number of nitrogens with zero attached hydrogens (tertiary/aromatic N) is 1. The van der Waals surface area contributed by atoms with Gasteiger partial charge in [0.05, 0.1) is 0 Å². The first-order valence-corrected chi connectivity index (χ1v) is 5.99. The largest absolute Gasteiger partial charge is 0.340 e. The van der Waals surface area contributed by atoms with Crippen molar-refractivity contribution < 1.29 is 9.59 Å². The molecular weight excluding hydrogens is 216 g/mol. The molecule has 1 heterocycles. The van der Waals surface area contributed by atoms with Crippen LogP contribution in [0, 0.1) is 5.92 Å². The Morgan fingerprint density at radius 2 is 1.88 bits per heavy atom. The van der Waals surface area contributed by atoms with Crippen molar-refractivity contribution in [2.24, 2.45) is 5.92 Å². The van der Waals surface area contributed by atoms with E-state index >= 15 is 0 Å². The van der Waals surface area contributed by atoms with Crippen molar-refractivity contribution in [3.8, 4) is 0 Å². The Labute approximate surface area is 103 Å². The maximum atomic E-state index is 12.4. The van der Waals surface area contributed by atoms with Crippen molar-refractivity contribution >= 4 is 11.8 Å². The molecule has 4 heteroatoms. The number of hydrogen-bond acceptors (Lipinski definition) is 2. The van der Waals surface area contributed by atoms with E-state index in [4.69, 9.17) is 0 Å². The molecule has 0 aromatic heterocycles. The Morgan fingerprint density at radius 1 is 1.35 bits per heavy atom. The predicted octanol–water partition coefficient (Wildman–Crippen LogP) is 1.32. The van der Waals surface area contributed by atoms with E-state index in [0.717, 1.165) is 0 Å². The Morgan fingerprint density at radius 3 is 2.29 bits per heavy atom. The summed E-state index contributed by atoms with van der Waals surface area (Å²) >= 11 is 0. The summed E-state index contributed by atoms with van der Waals surface area (Å²) in [6, 6.07) is -0.552. The Hall–Kier alpha value is -1.32. The van der Waals surface area contributed by atoms with Gasteiger partial charge in [0, 0.05) is 6.04 Å². The molecule has 2 atom stereocenters. The Bertz CT molecular complexity index is 347. The molecule has 1 saturated heterocycles. The number of hydrogen-bond donors (Lipinski definition) is 1. The monoisotopic (exact) mass is 238 g/mol. The molecule has 0 saturated carbocycles. The van der Waals surface area contributed by atoms with Gasteiger partial charge in [-0.25, -0.2) is 0 Å². The number of amides is 2. The molecule has 2 amide bonds. The number of rotatable bonds is 3. The summed E-state index contributed by atoms with van der Waals surface area (Å²) in [4.78, 5) is 26.1. The number of carbonyl (C=O) groups excluding carboxylic acids is 2. The molecule has 1 aliphatic heterocycles. The fourth-order valence-corrected chi connectivity index (χ4v) is 2.19. The van der Waals surface area contributed by atoms with Gasteiger partial charge in [0.15, 0.2) is 0 Å². The quantitative estimate of drug-likeness (QED) is 0.754. The third-order valence-corrected chi connectivity index (χ3v) is 3.18. The number of piperazine rings is 1. The summed E-state index contributed by atoms with van der Waals surface area (Å²) in [5.41, 5.74) is -0.834. The van der Waals surface area contributed by atoms with Crippen molar-refractivity contribution in [2.45, 2.75) is 52.2 Å². The molecule has 0 radical (unpaired) electrons. The van der Waals surface area contributed by atoms with Crippen molar-refractivity contribution in [2.75, 3.05) is 0 Å². The third kappa shape index (κ3) is 2.35. The van der Waals surface area contributed by atoms with Crippen LogP contribution in [0.3, 0.4) is 0 Å². The lowest BCUT2D eigenvalue weighted by Gasteiger charge is -2.46. The van der Waals surface area contributed by atoms with Crippen molar-refractivity contribution in [1.29, 1.82) is 0 Å². The zero-order valence-electron chi connectivity index (χ0n) is 11.3. The van der Waals surface area contributed by atoms with E-state index < -0.39 is 11.6 Å². The Balaban J connectivity index is 3.17. The summed E-state index contributed by atoms with van der Waals surface area (Å²) < 4.78 is 0. The minimum Gasteiger partial charge on any atom is -0.340 e. The van der Waals surface area contributed by atoms with Crippen LogP contribution in [0.15, 0.2) is 12.7 Å². The third-order valence-electron chi connectivity index (χ3n) is 3.18. The van der Waals surface area contributed by atoms with Gasteiger partial charge in [-0.15, -0.1) is 6.58 Å².